The van der Waals surface area contributed by atoms with Crippen molar-refractivity contribution in [3.8, 4) is 41.3 Å². The van der Waals surface area contributed by atoms with Crippen molar-refractivity contribution >= 4 is 51.8 Å². The first-order chi connectivity index (χ1) is 32.0. The monoisotopic (exact) mass is 901 g/mol. The number of aromatic nitrogens is 2. The number of terminal acetylenes is 1. The topological polar surface area (TPSA) is 206 Å². The molecule has 0 bridgehead atoms. The van der Waals surface area contributed by atoms with Crippen LogP contribution in [0, 0.1) is 23.7 Å². The second-order valence-corrected chi connectivity index (χ2v) is 16.6. The molecule has 0 saturated carbocycles. The number of amides is 3. The summed E-state index contributed by atoms with van der Waals surface area (Å²) in [5.41, 5.74) is 4.37. The number of aliphatic hydroxyl groups is 1. The van der Waals surface area contributed by atoms with E-state index in [1.165, 1.54) is 30.3 Å². The summed E-state index contributed by atoms with van der Waals surface area (Å²) in [6.45, 7) is 12.6. The number of aryl methyl sites for hydroxylation is 1. The summed E-state index contributed by atoms with van der Waals surface area (Å²) >= 11 is 0. The number of aliphatic hydroxyl groups excluding tert-OH is 1. The van der Waals surface area contributed by atoms with Crippen LogP contribution >= 0.6 is 0 Å². The fourth-order valence-electron chi connectivity index (χ4n) is 6.80. The average molecular weight is 902 g/mol. The molecule has 15 nitrogen and oxygen atoms in total. The van der Waals surface area contributed by atoms with E-state index in [1.54, 1.807) is 101 Å². The SMILES string of the molecule is C#CC[C@H](NC(O)c1ccc(-c2nc3ccc(C#N)cc3n2C)cc1)C(=O)Nc1ccc(C(=O)Nc2ccc(C(=O)Nc3ccc(C(=O)OC(C)(C)C)cc3)c(OCC=C)c2OC(C)C)cc1. The van der Waals surface area contributed by atoms with Crippen molar-refractivity contribution in [2.75, 3.05) is 22.6 Å². The number of fused-ring (bicyclic) bond motifs is 1. The number of imidazole rings is 1. The maximum atomic E-state index is 13.7. The number of hydrogen-bond donors (Lipinski definition) is 5. The van der Waals surface area contributed by atoms with Gasteiger partial charge in [-0.2, -0.15) is 5.26 Å². The summed E-state index contributed by atoms with van der Waals surface area (Å²) in [5.74, 6) is 1.29. The Morgan fingerprint density at radius 2 is 1.52 bits per heavy atom. The van der Waals surface area contributed by atoms with Crippen molar-refractivity contribution in [1.29, 1.82) is 5.26 Å². The quantitative estimate of drug-likeness (QED) is 0.0254. The fourth-order valence-corrected chi connectivity index (χ4v) is 6.80. The van der Waals surface area contributed by atoms with E-state index in [2.05, 4.69) is 39.8 Å². The zero-order valence-corrected chi connectivity index (χ0v) is 38.0. The van der Waals surface area contributed by atoms with Crippen molar-refractivity contribution < 1.29 is 38.5 Å². The predicted molar refractivity (Wildman–Crippen MR) is 257 cm³/mol. The van der Waals surface area contributed by atoms with Crippen molar-refractivity contribution in [2.45, 2.75) is 65.0 Å². The first-order valence-corrected chi connectivity index (χ1v) is 21.3. The minimum Gasteiger partial charge on any atom is -0.485 e. The van der Waals surface area contributed by atoms with Crippen molar-refractivity contribution in [2.24, 2.45) is 7.05 Å². The van der Waals surface area contributed by atoms with Gasteiger partial charge in [-0.15, -0.1) is 12.3 Å². The van der Waals surface area contributed by atoms with Gasteiger partial charge >= 0.3 is 5.97 Å². The molecule has 0 saturated heterocycles. The molecule has 0 aliphatic carbocycles. The fraction of sp³-hybridized carbons (Fsp3) is 0.231. The van der Waals surface area contributed by atoms with Gasteiger partial charge in [0.15, 0.2) is 11.5 Å². The Hall–Kier alpha value is -8.24. The van der Waals surface area contributed by atoms with E-state index >= 15 is 0 Å². The van der Waals surface area contributed by atoms with E-state index in [1.807, 2.05) is 23.7 Å². The zero-order valence-electron chi connectivity index (χ0n) is 38.0. The van der Waals surface area contributed by atoms with Crippen molar-refractivity contribution in [3.05, 3.63) is 144 Å². The van der Waals surface area contributed by atoms with E-state index in [0.29, 0.717) is 33.9 Å². The van der Waals surface area contributed by atoms with Gasteiger partial charge in [-0.25, -0.2) is 9.78 Å². The van der Waals surface area contributed by atoms with Crippen LogP contribution in [0.15, 0.2) is 116 Å². The summed E-state index contributed by atoms with van der Waals surface area (Å²) in [6.07, 6.45) is 5.45. The predicted octanol–water partition coefficient (Wildman–Crippen LogP) is 8.53. The molecule has 15 heteroatoms. The van der Waals surface area contributed by atoms with Gasteiger partial charge in [0.25, 0.3) is 11.8 Å². The highest BCUT2D eigenvalue weighted by Crippen LogP contribution is 2.40. The summed E-state index contributed by atoms with van der Waals surface area (Å²) in [5, 5.41) is 31.8. The van der Waals surface area contributed by atoms with Gasteiger partial charge in [0.1, 0.15) is 30.3 Å². The zero-order chi connectivity index (χ0) is 48.4. The highest BCUT2D eigenvalue weighted by atomic mass is 16.6. The molecule has 0 aliphatic rings. The minimum atomic E-state index is -1.25. The van der Waals surface area contributed by atoms with E-state index in [-0.39, 0.29) is 41.3 Å². The number of nitrogens with zero attached hydrogens (tertiary/aromatic N) is 3. The minimum absolute atomic E-state index is 0.0189. The van der Waals surface area contributed by atoms with E-state index in [0.717, 1.165) is 16.6 Å². The molecule has 6 aromatic rings. The Labute approximate surface area is 388 Å². The second-order valence-electron chi connectivity index (χ2n) is 16.6. The van der Waals surface area contributed by atoms with Crippen LogP contribution in [0.2, 0.25) is 0 Å². The maximum absolute atomic E-state index is 13.7. The van der Waals surface area contributed by atoms with Gasteiger partial charge in [0, 0.05) is 36.0 Å². The maximum Gasteiger partial charge on any atom is 0.338 e. The largest absolute Gasteiger partial charge is 0.485 e. The number of ether oxygens (including phenoxy) is 3. The summed E-state index contributed by atoms with van der Waals surface area (Å²) in [7, 11) is 1.86. The summed E-state index contributed by atoms with van der Waals surface area (Å²) in [4.78, 5) is 58.0. The van der Waals surface area contributed by atoms with Crippen LogP contribution < -0.4 is 30.7 Å². The number of nitriles is 1. The van der Waals surface area contributed by atoms with E-state index in [4.69, 9.17) is 25.6 Å². The number of nitrogens with one attached hydrogen (secondary N) is 4. The molecule has 0 fully saturated rings. The van der Waals surface area contributed by atoms with E-state index < -0.39 is 47.7 Å². The molecule has 2 atom stereocenters. The lowest BCUT2D eigenvalue weighted by atomic mass is 10.1. The van der Waals surface area contributed by atoms with Crippen LogP contribution in [0.4, 0.5) is 17.1 Å². The van der Waals surface area contributed by atoms with Crippen molar-refractivity contribution in [1.82, 2.24) is 14.9 Å². The smallest absolute Gasteiger partial charge is 0.338 e. The molecule has 0 aliphatic heterocycles. The molecular formula is C52H51N7O8. The molecule has 67 heavy (non-hydrogen) atoms. The third-order valence-electron chi connectivity index (χ3n) is 9.99. The molecule has 5 N–H and O–H groups in total. The first-order valence-electron chi connectivity index (χ1n) is 21.3. The molecule has 1 unspecified atom stereocenters. The number of benzene rings is 5. The highest BCUT2D eigenvalue weighted by Gasteiger charge is 2.26. The third kappa shape index (κ3) is 12.1. The van der Waals surface area contributed by atoms with Gasteiger partial charge in [-0.1, -0.05) is 36.9 Å². The molecular weight excluding hydrogens is 851 g/mol. The number of rotatable bonds is 17. The van der Waals surface area contributed by atoms with Gasteiger partial charge in [-0.05, 0) is 119 Å². The standard InChI is InChI=1S/C52H51N7O8/c1-9-11-42(58-48(61)34-15-13-33(14-16-34)46-56-40-26-12-32(30-53)29-43(40)59(46)8)50(63)55-38-21-17-35(18-22-38)47(60)57-41-27-25-39(44(65-28-10-2)45(41)66-31(3)4)49(62)54-37-23-19-36(20-24-37)51(64)67-52(5,6)7/h1,10,12-27,29,31,42,48,58,61H,2,11,28H2,3-8H3,(H,54,62)(H,55,63)(H,57,60)/t42-,48?/m0/s1. The van der Waals surface area contributed by atoms with Crippen LogP contribution in [0.1, 0.15) is 89.5 Å². The van der Waals surface area contributed by atoms with Gasteiger partial charge in [0.05, 0.1) is 45.6 Å². The Kier molecular flexibility index (Phi) is 15.2. The Bertz CT molecular complexity index is 2890. The highest BCUT2D eigenvalue weighted by molar-refractivity contribution is 6.10. The number of esters is 1. The van der Waals surface area contributed by atoms with Crippen LogP contribution in [-0.4, -0.2) is 62.7 Å². The average Bonchev–Trinajstić information content (AvgIpc) is 3.63. The Morgan fingerprint density at radius 1 is 0.866 bits per heavy atom. The molecule has 3 amide bonds. The van der Waals surface area contributed by atoms with Crippen LogP contribution in [0.25, 0.3) is 22.4 Å². The van der Waals surface area contributed by atoms with Gasteiger partial charge in [0.2, 0.25) is 5.91 Å². The molecule has 342 valence electrons. The Balaban J connectivity index is 1.12. The molecule has 5 aromatic carbocycles. The number of hydrogen-bond acceptors (Lipinski definition) is 11. The second kappa shape index (κ2) is 21.2. The van der Waals surface area contributed by atoms with E-state index in [9.17, 15) is 29.5 Å². The number of carbonyl (C=O) groups excluding carboxylic acids is 4. The number of carbonyl (C=O) groups is 4. The van der Waals surface area contributed by atoms with Crippen LogP contribution in [-0.2, 0) is 16.6 Å². The van der Waals surface area contributed by atoms with Crippen LogP contribution in [0.3, 0.4) is 0 Å². The van der Waals surface area contributed by atoms with Crippen molar-refractivity contribution in [3.63, 3.8) is 0 Å². The Morgan fingerprint density at radius 3 is 2.13 bits per heavy atom. The third-order valence-corrected chi connectivity index (χ3v) is 9.99. The summed E-state index contributed by atoms with van der Waals surface area (Å²) in [6, 6.07) is 28.9. The lowest BCUT2D eigenvalue weighted by molar-refractivity contribution is -0.119. The van der Waals surface area contributed by atoms with Gasteiger partial charge in [-0.3, -0.25) is 19.7 Å². The first kappa shape index (κ1) is 48.2. The molecule has 6 rings (SSSR count). The lowest BCUT2D eigenvalue weighted by Crippen LogP contribution is -2.42. The molecule has 0 spiro atoms. The number of anilines is 3. The summed E-state index contributed by atoms with van der Waals surface area (Å²) < 4.78 is 19.4. The lowest BCUT2D eigenvalue weighted by Gasteiger charge is -2.21. The van der Waals surface area contributed by atoms with Crippen LogP contribution in [0.5, 0.6) is 11.5 Å². The molecule has 1 heterocycles. The normalized spacial score (nSPS) is 12.0. The molecule has 0 radical (unpaired) electrons. The molecule has 1 aromatic heterocycles. The van der Waals surface area contributed by atoms with Gasteiger partial charge < -0.3 is 39.8 Å².